The molecule has 14 nitrogen and oxygen atoms in total. The van der Waals surface area contributed by atoms with E-state index in [2.05, 4.69) is 20.6 Å². The maximum Gasteiger partial charge on any atom is 0.527 e. The van der Waals surface area contributed by atoms with Crippen molar-refractivity contribution in [2.45, 2.75) is 90.0 Å². The van der Waals surface area contributed by atoms with Gasteiger partial charge >= 0.3 is 12.1 Å². The molecule has 14 heteroatoms. The van der Waals surface area contributed by atoms with Crippen LogP contribution < -0.4 is 10.6 Å². The molecule has 256 valence electrons. The van der Waals surface area contributed by atoms with Gasteiger partial charge in [-0.2, -0.15) is 0 Å². The molecule has 1 saturated carbocycles. The Hall–Kier alpha value is -4.30. The molecule has 2 heterocycles. The number of nitrogens with one attached hydrogen (secondary N) is 2. The van der Waals surface area contributed by atoms with Crippen molar-refractivity contribution >= 4 is 29.8 Å². The first-order valence-electron chi connectivity index (χ1n) is 16.2. The summed E-state index contributed by atoms with van der Waals surface area (Å²) in [5, 5.41) is 17.6. The third-order valence-electron chi connectivity index (χ3n) is 7.72. The zero-order chi connectivity index (χ0) is 34.0. The second kappa shape index (κ2) is 16.5. The monoisotopic (exact) mass is 654 g/mol. The second-order valence-electron chi connectivity index (χ2n) is 12.7. The van der Waals surface area contributed by atoms with Gasteiger partial charge in [-0.15, -0.1) is 5.06 Å². The average molecular weight is 655 g/mol. The fourth-order valence-corrected chi connectivity index (χ4v) is 5.40. The number of hydroxylamine groups is 2. The summed E-state index contributed by atoms with van der Waals surface area (Å²) in [6.45, 7) is 8.08. The van der Waals surface area contributed by atoms with E-state index in [1.165, 1.54) is 5.06 Å². The minimum absolute atomic E-state index is 0.00512. The number of esters is 1. The highest BCUT2D eigenvalue weighted by Crippen LogP contribution is 2.24. The predicted molar refractivity (Wildman–Crippen MR) is 172 cm³/mol. The van der Waals surface area contributed by atoms with Gasteiger partial charge in [0.1, 0.15) is 23.2 Å². The lowest BCUT2D eigenvalue weighted by Gasteiger charge is -2.35. The fraction of sp³-hybridized carbons (Fsp3) is 0.576. The molecule has 1 aliphatic carbocycles. The molecule has 4 rings (SSSR count). The molecule has 2 aliphatic rings. The number of amides is 2. The minimum atomic E-state index is -1.06. The lowest BCUT2D eigenvalue weighted by atomic mass is 9.93. The number of rotatable bonds is 11. The van der Waals surface area contributed by atoms with Gasteiger partial charge in [-0.05, 0) is 59.8 Å². The van der Waals surface area contributed by atoms with E-state index in [0.29, 0.717) is 30.0 Å². The highest BCUT2D eigenvalue weighted by atomic mass is 16.8. The highest BCUT2D eigenvalue weighted by Gasteiger charge is 2.32. The van der Waals surface area contributed by atoms with Gasteiger partial charge < -0.3 is 35.0 Å². The Morgan fingerprint density at radius 1 is 1.00 bits per heavy atom. The lowest BCUT2D eigenvalue weighted by Crippen LogP contribution is -2.55. The number of piperazine rings is 1. The van der Waals surface area contributed by atoms with E-state index < -0.39 is 29.7 Å². The summed E-state index contributed by atoms with van der Waals surface area (Å²) in [4.78, 5) is 67.8. The molecule has 0 radical (unpaired) electrons. The third-order valence-corrected chi connectivity index (χ3v) is 7.72. The number of aliphatic hydroxyl groups is 1. The van der Waals surface area contributed by atoms with E-state index in [1.807, 2.05) is 30.3 Å². The van der Waals surface area contributed by atoms with Gasteiger partial charge in [-0.1, -0.05) is 30.3 Å². The van der Waals surface area contributed by atoms with Gasteiger partial charge in [0.05, 0.1) is 25.8 Å². The van der Waals surface area contributed by atoms with Gasteiger partial charge in [0.2, 0.25) is 5.91 Å². The average Bonchev–Trinajstić information content (AvgIpc) is 3.03. The molecule has 2 aromatic rings. The molecule has 47 heavy (non-hydrogen) atoms. The molecule has 0 spiro atoms. The van der Waals surface area contributed by atoms with Crippen LogP contribution in [0.3, 0.4) is 0 Å². The maximum atomic E-state index is 13.8. The number of aromatic nitrogens is 2. The van der Waals surface area contributed by atoms with Crippen LogP contribution in [0.25, 0.3) is 11.4 Å². The Labute approximate surface area is 275 Å². The topological polar surface area (TPSA) is 173 Å². The summed E-state index contributed by atoms with van der Waals surface area (Å²) in [6.07, 6.45) is 1.63. The van der Waals surface area contributed by atoms with Crippen LogP contribution >= 0.6 is 0 Å². The van der Waals surface area contributed by atoms with Gasteiger partial charge in [-0.3, -0.25) is 14.4 Å². The van der Waals surface area contributed by atoms with Crippen LogP contribution in [0.4, 0.5) is 10.6 Å². The Morgan fingerprint density at radius 2 is 1.68 bits per heavy atom. The molecule has 3 N–H and O–H groups in total. The largest absolute Gasteiger partial charge is 0.527 e. The lowest BCUT2D eigenvalue weighted by molar-refractivity contribution is -0.158. The normalized spacial score (nSPS) is 19.3. The Kier molecular flexibility index (Phi) is 12.5. The summed E-state index contributed by atoms with van der Waals surface area (Å²) < 4.78 is 10.3. The summed E-state index contributed by atoms with van der Waals surface area (Å²) in [5.41, 5.74) is 0.0635. The SMILES string of the molecule is CCOC(=O)ON1CCN(C(=O)[C@H](CCC(=O)OC(C)(C)C)NC(=O)c2cc(NC3CCC(O)CC3)nc(-c3ccccc3)n2)CC1. The number of hydrogen-bond donors (Lipinski definition) is 3. The quantitative estimate of drug-likeness (QED) is 0.302. The number of carbonyl (C=O) groups excluding carboxylic acids is 4. The smallest absolute Gasteiger partial charge is 0.460 e. The van der Waals surface area contributed by atoms with E-state index in [9.17, 15) is 24.3 Å². The summed E-state index contributed by atoms with van der Waals surface area (Å²) in [7, 11) is 0. The van der Waals surface area contributed by atoms with E-state index in [1.54, 1.807) is 38.7 Å². The van der Waals surface area contributed by atoms with Gasteiger partial charge in [0.25, 0.3) is 5.91 Å². The summed E-state index contributed by atoms with van der Waals surface area (Å²) in [6, 6.07) is 9.82. The number of benzene rings is 1. The van der Waals surface area contributed by atoms with E-state index in [0.717, 1.165) is 12.8 Å². The predicted octanol–water partition coefficient (Wildman–Crippen LogP) is 3.31. The van der Waals surface area contributed by atoms with Crippen molar-refractivity contribution in [3.05, 3.63) is 42.1 Å². The molecule has 1 saturated heterocycles. The number of ether oxygens (including phenoxy) is 2. The second-order valence-corrected chi connectivity index (χ2v) is 12.7. The van der Waals surface area contributed by atoms with Crippen LogP contribution in [0.5, 0.6) is 0 Å². The van der Waals surface area contributed by atoms with E-state index >= 15 is 0 Å². The van der Waals surface area contributed by atoms with Crippen LogP contribution in [0.1, 0.15) is 76.7 Å². The molecule has 2 fully saturated rings. The molecular weight excluding hydrogens is 608 g/mol. The number of nitrogens with zero attached hydrogens (tertiary/aromatic N) is 4. The first-order valence-corrected chi connectivity index (χ1v) is 16.2. The molecular formula is C33H46N6O8. The number of hydrogen-bond acceptors (Lipinski definition) is 12. The maximum absolute atomic E-state index is 13.8. The Balaban J connectivity index is 1.53. The molecule has 1 atom stereocenters. The number of aliphatic hydroxyl groups excluding tert-OH is 1. The zero-order valence-corrected chi connectivity index (χ0v) is 27.6. The van der Waals surface area contributed by atoms with Crippen LogP contribution in [0.2, 0.25) is 0 Å². The molecule has 1 aromatic heterocycles. The van der Waals surface area contributed by atoms with Crippen molar-refractivity contribution in [1.29, 1.82) is 0 Å². The van der Waals surface area contributed by atoms with E-state index in [-0.39, 0.29) is 69.4 Å². The van der Waals surface area contributed by atoms with Crippen molar-refractivity contribution in [3.8, 4) is 11.4 Å². The minimum Gasteiger partial charge on any atom is -0.460 e. The molecule has 2 amide bonds. The van der Waals surface area contributed by atoms with Gasteiger partial charge in [-0.25, -0.2) is 14.8 Å². The van der Waals surface area contributed by atoms with Crippen molar-refractivity contribution in [3.63, 3.8) is 0 Å². The Morgan fingerprint density at radius 3 is 2.32 bits per heavy atom. The fourth-order valence-electron chi connectivity index (χ4n) is 5.40. The molecule has 1 aliphatic heterocycles. The van der Waals surface area contributed by atoms with Crippen LogP contribution in [-0.2, 0) is 23.9 Å². The highest BCUT2D eigenvalue weighted by molar-refractivity contribution is 5.97. The van der Waals surface area contributed by atoms with Crippen molar-refractivity contribution in [2.24, 2.45) is 0 Å². The Bertz CT molecular complexity index is 1370. The van der Waals surface area contributed by atoms with Crippen molar-refractivity contribution in [1.82, 2.24) is 25.2 Å². The van der Waals surface area contributed by atoms with Crippen molar-refractivity contribution in [2.75, 3.05) is 38.1 Å². The molecule has 0 bridgehead atoms. The first kappa shape index (κ1) is 35.6. The summed E-state index contributed by atoms with van der Waals surface area (Å²) in [5.74, 6) is -0.673. The third kappa shape index (κ3) is 11.2. The number of carbonyl (C=O) groups is 4. The standard InChI is InChI=1S/C33H46N6O8/c1-5-45-32(44)47-39-19-17-38(18-20-39)31(43)25(15-16-28(41)46-33(2,3)4)36-30(42)26-21-27(34-23-11-13-24(40)14-12-23)37-29(35-26)22-9-7-6-8-10-22/h6-10,21,23-25,40H,5,11-20H2,1-4H3,(H,36,42)(H,34,35,37)/t23?,24?,25-/m0/s1. The van der Waals surface area contributed by atoms with Crippen LogP contribution in [0, 0.1) is 0 Å². The van der Waals surface area contributed by atoms with Gasteiger partial charge in [0, 0.05) is 37.2 Å². The molecule has 0 unspecified atom stereocenters. The van der Waals surface area contributed by atoms with Crippen molar-refractivity contribution < 1.29 is 38.6 Å². The zero-order valence-electron chi connectivity index (χ0n) is 27.6. The van der Waals surface area contributed by atoms with Crippen LogP contribution in [-0.4, -0.2) is 106 Å². The first-order chi connectivity index (χ1) is 22.4. The van der Waals surface area contributed by atoms with E-state index in [4.69, 9.17) is 14.3 Å². The molecule has 1 aromatic carbocycles. The van der Waals surface area contributed by atoms with Crippen LogP contribution in [0.15, 0.2) is 36.4 Å². The van der Waals surface area contributed by atoms with Gasteiger partial charge in [0.15, 0.2) is 5.82 Å². The number of anilines is 1. The summed E-state index contributed by atoms with van der Waals surface area (Å²) >= 11 is 0.